The third-order valence-electron chi connectivity index (χ3n) is 2.73. The van der Waals surface area contributed by atoms with Gasteiger partial charge in [0.1, 0.15) is 0 Å². The number of fused-ring (bicyclic) bond motifs is 1. The van der Waals surface area contributed by atoms with E-state index in [2.05, 4.69) is 0 Å². The monoisotopic (exact) mass is 307 g/mol. The molecule has 2 aromatic rings. The molecule has 0 fully saturated rings. The van der Waals surface area contributed by atoms with Gasteiger partial charge in [-0.15, -0.1) is 11.3 Å². The van der Waals surface area contributed by atoms with Crippen LogP contribution < -0.4 is 0 Å². The van der Waals surface area contributed by atoms with Crippen molar-refractivity contribution >= 4 is 40.7 Å². The van der Waals surface area contributed by atoms with Gasteiger partial charge < -0.3 is 4.84 Å². The van der Waals surface area contributed by atoms with Gasteiger partial charge in [0.05, 0.1) is 21.0 Å². The van der Waals surface area contributed by atoms with Gasteiger partial charge in [-0.1, -0.05) is 28.8 Å². The fourth-order valence-corrected chi connectivity index (χ4v) is 2.65. The highest BCUT2D eigenvalue weighted by Crippen LogP contribution is 2.25. The standard InChI is InChI=1S/C13H6ClNO4S/c14-10-5-7(6-20-10)13(18)19-15-11(16)8-3-1-2-4-9(8)12(15)17/h1-6H. The minimum atomic E-state index is -0.803. The molecule has 2 heterocycles. The van der Waals surface area contributed by atoms with Gasteiger partial charge in [-0.25, -0.2) is 4.79 Å². The highest BCUT2D eigenvalue weighted by atomic mass is 35.5. The first-order chi connectivity index (χ1) is 9.58. The van der Waals surface area contributed by atoms with Gasteiger partial charge in [-0.05, 0) is 18.2 Å². The van der Waals surface area contributed by atoms with Crippen LogP contribution in [0.2, 0.25) is 4.34 Å². The third kappa shape index (κ3) is 1.99. The van der Waals surface area contributed by atoms with Crippen LogP contribution in [0.4, 0.5) is 0 Å². The Bertz CT molecular complexity index is 704. The number of imide groups is 1. The summed E-state index contributed by atoms with van der Waals surface area (Å²) in [5.74, 6) is -2.11. The molecular weight excluding hydrogens is 302 g/mol. The zero-order valence-electron chi connectivity index (χ0n) is 9.83. The number of halogens is 1. The fourth-order valence-electron chi connectivity index (χ4n) is 1.80. The lowest BCUT2D eigenvalue weighted by molar-refractivity contribution is -0.0584. The Kier molecular flexibility index (Phi) is 3.04. The molecular formula is C13H6ClNO4S. The molecule has 1 aromatic carbocycles. The van der Waals surface area contributed by atoms with Crippen LogP contribution in [0.25, 0.3) is 0 Å². The molecule has 5 nitrogen and oxygen atoms in total. The fraction of sp³-hybridized carbons (Fsp3) is 0. The second kappa shape index (κ2) is 4.73. The summed E-state index contributed by atoms with van der Waals surface area (Å²) < 4.78 is 0.416. The van der Waals surface area contributed by atoms with Gasteiger partial charge in [0, 0.05) is 5.38 Å². The van der Waals surface area contributed by atoms with Crippen molar-refractivity contribution in [1.82, 2.24) is 5.06 Å². The first kappa shape index (κ1) is 12.8. The average molecular weight is 308 g/mol. The molecule has 0 spiro atoms. The molecule has 2 amide bonds. The van der Waals surface area contributed by atoms with E-state index in [1.165, 1.54) is 23.6 Å². The van der Waals surface area contributed by atoms with Crippen molar-refractivity contribution in [3.8, 4) is 0 Å². The Balaban J connectivity index is 1.85. The number of thiophene rings is 1. The second-order valence-electron chi connectivity index (χ2n) is 3.97. The minimum Gasteiger partial charge on any atom is -0.324 e. The lowest BCUT2D eigenvalue weighted by Gasteiger charge is -2.11. The van der Waals surface area contributed by atoms with Crippen LogP contribution in [-0.2, 0) is 4.84 Å². The number of hydroxylamine groups is 2. The minimum absolute atomic E-state index is 0.191. The summed E-state index contributed by atoms with van der Waals surface area (Å²) in [6, 6.07) is 7.68. The highest BCUT2D eigenvalue weighted by Gasteiger charge is 2.38. The summed E-state index contributed by atoms with van der Waals surface area (Å²) in [5, 5.41) is 1.96. The Hall–Kier alpha value is -2.18. The maximum Gasteiger partial charge on any atom is 0.364 e. The van der Waals surface area contributed by atoms with E-state index < -0.39 is 17.8 Å². The average Bonchev–Trinajstić information content (AvgIpc) is 2.98. The number of benzene rings is 1. The van der Waals surface area contributed by atoms with E-state index in [1.807, 2.05) is 0 Å². The molecule has 0 saturated carbocycles. The number of rotatable bonds is 2. The van der Waals surface area contributed by atoms with Crippen molar-refractivity contribution in [2.24, 2.45) is 0 Å². The van der Waals surface area contributed by atoms with Gasteiger partial charge >= 0.3 is 5.97 Å². The van der Waals surface area contributed by atoms with E-state index in [1.54, 1.807) is 12.1 Å². The summed E-state index contributed by atoms with van der Waals surface area (Å²) in [6.45, 7) is 0. The molecule has 1 aliphatic heterocycles. The Morgan fingerprint density at radius 2 is 1.75 bits per heavy atom. The molecule has 0 saturated heterocycles. The van der Waals surface area contributed by atoms with Gasteiger partial charge in [0.15, 0.2) is 0 Å². The maximum atomic E-state index is 12.0. The zero-order chi connectivity index (χ0) is 14.3. The Morgan fingerprint density at radius 1 is 1.15 bits per heavy atom. The molecule has 0 atom stereocenters. The largest absolute Gasteiger partial charge is 0.364 e. The summed E-state index contributed by atoms with van der Waals surface area (Å²) in [5.41, 5.74) is 0.624. The molecule has 0 aliphatic carbocycles. The third-order valence-corrected chi connectivity index (χ3v) is 3.83. The summed E-state index contributed by atoms with van der Waals surface area (Å²) in [7, 11) is 0. The molecule has 3 rings (SSSR count). The van der Waals surface area contributed by atoms with Crippen LogP contribution in [0.3, 0.4) is 0 Å². The van der Waals surface area contributed by atoms with E-state index in [-0.39, 0.29) is 16.7 Å². The first-order valence-corrected chi connectivity index (χ1v) is 6.78. The van der Waals surface area contributed by atoms with Gasteiger partial charge in [-0.2, -0.15) is 0 Å². The Labute approximate surface area is 122 Å². The van der Waals surface area contributed by atoms with Crippen molar-refractivity contribution in [1.29, 1.82) is 0 Å². The van der Waals surface area contributed by atoms with Crippen LogP contribution in [0.15, 0.2) is 35.7 Å². The van der Waals surface area contributed by atoms with Crippen molar-refractivity contribution in [2.75, 3.05) is 0 Å². The predicted octanol–water partition coefficient (Wildman–Crippen LogP) is 2.77. The highest BCUT2D eigenvalue weighted by molar-refractivity contribution is 7.14. The SMILES string of the molecule is O=C(ON1C(=O)c2ccccc2C1=O)c1csc(Cl)c1. The number of hydrogen-bond donors (Lipinski definition) is 0. The topological polar surface area (TPSA) is 63.7 Å². The lowest BCUT2D eigenvalue weighted by atomic mass is 10.1. The molecule has 0 N–H and O–H groups in total. The second-order valence-corrected chi connectivity index (χ2v) is 5.51. The van der Waals surface area contributed by atoms with Gasteiger partial charge in [0.25, 0.3) is 11.8 Å². The lowest BCUT2D eigenvalue weighted by Crippen LogP contribution is -2.32. The summed E-state index contributed by atoms with van der Waals surface area (Å²) >= 11 is 6.87. The van der Waals surface area contributed by atoms with Crippen molar-refractivity contribution in [3.05, 3.63) is 56.7 Å². The molecule has 7 heteroatoms. The predicted molar refractivity (Wildman–Crippen MR) is 71.7 cm³/mol. The van der Waals surface area contributed by atoms with Crippen molar-refractivity contribution in [2.45, 2.75) is 0 Å². The van der Waals surface area contributed by atoms with Crippen LogP contribution in [-0.4, -0.2) is 22.8 Å². The molecule has 1 aliphatic rings. The summed E-state index contributed by atoms with van der Waals surface area (Å²) in [4.78, 5) is 40.7. The molecule has 1 aromatic heterocycles. The zero-order valence-corrected chi connectivity index (χ0v) is 11.4. The first-order valence-electron chi connectivity index (χ1n) is 5.52. The van der Waals surface area contributed by atoms with Crippen LogP contribution in [0.5, 0.6) is 0 Å². The molecule has 20 heavy (non-hydrogen) atoms. The normalized spacial score (nSPS) is 13.6. The molecule has 100 valence electrons. The van der Waals surface area contributed by atoms with Gasteiger partial charge in [0.2, 0.25) is 0 Å². The number of nitrogens with zero attached hydrogens (tertiary/aromatic N) is 1. The maximum absolute atomic E-state index is 12.0. The van der Waals surface area contributed by atoms with E-state index in [4.69, 9.17) is 16.4 Å². The quantitative estimate of drug-likeness (QED) is 0.800. The van der Waals surface area contributed by atoms with Crippen molar-refractivity contribution in [3.63, 3.8) is 0 Å². The number of hydrogen-bond acceptors (Lipinski definition) is 5. The number of carbonyl (C=O) groups is 3. The van der Waals surface area contributed by atoms with Crippen LogP contribution >= 0.6 is 22.9 Å². The summed E-state index contributed by atoms with van der Waals surface area (Å²) in [6.07, 6.45) is 0. The van der Waals surface area contributed by atoms with Crippen LogP contribution in [0.1, 0.15) is 31.1 Å². The van der Waals surface area contributed by atoms with Gasteiger partial charge in [-0.3, -0.25) is 9.59 Å². The van der Waals surface area contributed by atoms with Crippen LogP contribution in [0, 0.1) is 0 Å². The van der Waals surface area contributed by atoms with E-state index in [9.17, 15) is 14.4 Å². The van der Waals surface area contributed by atoms with E-state index >= 15 is 0 Å². The molecule has 0 bridgehead atoms. The van der Waals surface area contributed by atoms with E-state index in [0.29, 0.717) is 9.40 Å². The Morgan fingerprint density at radius 3 is 2.25 bits per heavy atom. The molecule has 0 unspecified atom stereocenters. The number of amides is 2. The smallest absolute Gasteiger partial charge is 0.324 e. The molecule has 0 radical (unpaired) electrons. The van der Waals surface area contributed by atoms with E-state index in [0.717, 1.165) is 11.3 Å². The number of carbonyl (C=O) groups excluding carboxylic acids is 3. The van der Waals surface area contributed by atoms with Crippen molar-refractivity contribution < 1.29 is 19.2 Å².